The van der Waals surface area contributed by atoms with Gasteiger partial charge in [0.2, 0.25) is 5.88 Å². The topological polar surface area (TPSA) is 54.6 Å². The van der Waals surface area contributed by atoms with Gasteiger partial charge in [-0.05, 0) is 30.3 Å². The lowest BCUT2D eigenvalue weighted by molar-refractivity contribution is 0.440. The van der Waals surface area contributed by atoms with E-state index < -0.39 is 0 Å². The molecule has 1 aliphatic heterocycles. The molecule has 0 aliphatic carbocycles. The van der Waals surface area contributed by atoms with Gasteiger partial charge in [0.05, 0.1) is 26.3 Å². The van der Waals surface area contributed by atoms with Crippen molar-refractivity contribution in [1.29, 1.82) is 0 Å². The first kappa shape index (κ1) is 16.1. The number of aromatic nitrogens is 1. The minimum atomic E-state index is -0.314. The first-order chi connectivity index (χ1) is 12.0. The van der Waals surface area contributed by atoms with Crippen molar-refractivity contribution in [3.63, 3.8) is 0 Å². The van der Waals surface area contributed by atoms with Gasteiger partial charge in [-0.2, -0.15) is 0 Å². The molecule has 25 heavy (non-hydrogen) atoms. The summed E-state index contributed by atoms with van der Waals surface area (Å²) in [5.74, 6) is -0.140. The maximum absolute atomic E-state index is 12.4. The first-order valence-electron chi connectivity index (χ1n) is 7.30. The summed E-state index contributed by atoms with van der Waals surface area (Å²) in [7, 11) is 0. The second kappa shape index (κ2) is 6.19. The van der Waals surface area contributed by atoms with Crippen molar-refractivity contribution < 1.29 is 5.11 Å². The van der Waals surface area contributed by atoms with Crippen molar-refractivity contribution in [3.05, 3.63) is 72.6 Å². The lowest BCUT2D eigenvalue weighted by Crippen LogP contribution is -2.09. The van der Waals surface area contributed by atoms with Crippen LogP contribution in [0, 0.1) is 0 Å². The van der Waals surface area contributed by atoms with E-state index in [0.29, 0.717) is 20.6 Å². The number of allylic oxidation sites excluding steroid dienone is 1. The van der Waals surface area contributed by atoms with Gasteiger partial charge >= 0.3 is 4.87 Å². The number of nitrogens with zero attached hydrogens (tertiary/aromatic N) is 2. The first-order valence-corrected chi connectivity index (χ1v) is 8.87. The van der Waals surface area contributed by atoms with Crippen LogP contribution < -0.4 is 4.87 Å². The zero-order valence-electron chi connectivity index (χ0n) is 12.6. The number of benzene rings is 2. The lowest BCUT2D eigenvalue weighted by atomic mass is 10.1. The molecule has 4 rings (SSSR count). The van der Waals surface area contributed by atoms with Crippen LogP contribution in [0.2, 0.25) is 10.0 Å². The van der Waals surface area contributed by atoms with Crippen LogP contribution in [0.5, 0.6) is 5.88 Å². The van der Waals surface area contributed by atoms with E-state index in [-0.39, 0.29) is 10.8 Å². The van der Waals surface area contributed by atoms with Crippen molar-refractivity contribution in [3.8, 4) is 11.6 Å². The third-order valence-electron chi connectivity index (χ3n) is 3.82. The number of rotatable bonds is 2. The molecule has 0 unspecified atom stereocenters. The summed E-state index contributed by atoms with van der Waals surface area (Å²) in [5.41, 5.74) is 3.13. The maximum Gasteiger partial charge on any atom is 0.315 e. The van der Waals surface area contributed by atoms with E-state index in [1.54, 1.807) is 30.5 Å². The van der Waals surface area contributed by atoms with Crippen LogP contribution in [0.25, 0.3) is 17.3 Å². The van der Waals surface area contributed by atoms with Crippen molar-refractivity contribution in [2.45, 2.75) is 0 Å². The Bertz CT molecular complexity index is 1110. The third kappa shape index (κ3) is 2.80. The van der Waals surface area contributed by atoms with E-state index in [4.69, 9.17) is 23.2 Å². The zero-order chi connectivity index (χ0) is 17.6. The monoisotopic (exact) mass is 388 g/mol. The Morgan fingerprint density at radius 3 is 2.72 bits per heavy atom. The molecule has 0 atom stereocenters. The molecule has 0 saturated heterocycles. The smallest absolute Gasteiger partial charge is 0.315 e. The second-order valence-electron chi connectivity index (χ2n) is 5.36. The number of thiazole rings is 1. The van der Waals surface area contributed by atoms with Crippen molar-refractivity contribution in [2.75, 3.05) is 0 Å². The molecule has 2 heterocycles. The summed E-state index contributed by atoms with van der Waals surface area (Å²) in [5, 5.41) is 11.2. The van der Waals surface area contributed by atoms with E-state index in [0.717, 1.165) is 28.2 Å². The Hall–Kier alpha value is -2.34. The van der Waals surface area contributed by atoms with E-state index in [2.05, 4.69) is 4.99 Å². The molecule has 1 aromatic heterocycles. The number of aliphatic imine (C=N–C) groups is 1. The molecule has 0 fully saturated rings. The fourth-order valence-electron chi connectivity index (χ4n) is 2.62. The summed E-state index contributed by atoms with van der Waals surface area (Å²) < 4.78 is 1.21. The molecule has 1 N–H and O–H groups in total. The minimum absolute atomic E-state index is 0.140. The highest BCUT2D eigenvalue weighted by Gasteiger charge is 2.17. The summed E-state index contributed by atoms with van der Waals surface area (Å²) in [6.07, 6.45) is 3.47. The molecule has 0 bridgehead atoms. The Morgan fingerprint density at radius 2 is 1.92 bits per heavy atom. The van der Waals surface area contributed by atoms with Gasteiger partial charge in [-0.25, -0.2) is 4.57 Å². The van der Waals surface area contributed by atoms with E-state index in [9.17, 15) is 9.90 Å². The fourth-order valence-corrected chi connectivity index (χ4v) is 3.76. The van der Waals surface area contributed by atoms with Crippen molar-refractivity contribution >= 4 is 58.1 Å². The van der Waals surface area contributed by atoms with Gasteiger partial charge in [-0.3, -0.25) is 9.79 Å². The molecular formula is C18H10Cl2N2O2S. The quantitative estimate of drug-likeness (QED) is 0.658. The highest BCUT2D eigenvalue weighted by molar-refractivity contribution is 7.10. The summed E-state index contributed by atoms with van der Waals surface area (Å²) >= 11 is 12.9. The van der Waals surface area contributed by atoms with Gasteiger partial charge in [0.25, 0.3) is 0 Å². The lowest BCUT2D eigenvalue weighted by Gasteiger charge is -2.05. The Labute approximate surface area is 156 Å². The van der Waals surface area contributed by atoms with E-state index in [1.807, 2.05) is 24.3 Å². The van der Waals surface area contributed by atoms with Crippen LogP contribution in [0.4, 0.5) is 5.69 Å². The van der Waals surface area contributed by atoms with Crippen molar-refractivity contribution in [2.24, 2.45) is 4.99 Å². The molecular weight excluding hydrogens is 379 g/mol. The Balaban J connectivity index is 1.82. The minimum Gasteiger partial charge on any atom is -0.493 e. The number of aromatic hydroxyl groups is 1. The van der Waals surface area contributed by atoms with Gasteiger partial charge in [0.1, 0.15) is 0 Å². The van der Waals surface area contributed by atoms with Crippen LogP contribution in [-0.2, 0) is 0 Å². The van der Waals surface area contributed by atoms with Gasteiger partial charge in [0.15, 0.2) is 0 Å². The molecule has 124 valence electrons. The van der Waals surface area contributed by atoms with Gasteiger partial charge in [-0.15, -0.1) is 0 Å². The van der Waals surface area contributed by atoms with E-state index in [1.165, 1.54) is 4.57 Å². The van der Waals surface area contributed by atoms with Crippen LogP contribution >= 0.6 is 34.5 Å². The molecule has 0 radical (unpaired) electrons. The molecule has 3 aromatic rings. The summed E-state index contributed by atoms with van der Waals surface area (Å²) in [4.78, 5) is 16.8. The standard InChI is InChI=1S/C18H10Cl2N2O2S/c19-13-6-5-11(8-14(13)20)22-17(23)16(25-18(22)24)7-10-9-21-15-4-2-1-3-12(10)15/h1-9,23H/b10-7+. The largest absolute Gasteiger partial charge is 0.493 e. The molecule has 2 aromatic carbocycles. The zero-order valence-corrected chi connectivity index (χ0v) is 14.9. The molecule has 7 heteroatoms. The summed E-state index contributed by atoms with van der Waals surface area (Å²) in [6.45, 7) is 0. The summed E-state index contributed by atoms with van der Waals surface area (Å²) in [6, 6.07) is 12.5. The van der Waals surface area contributed by atoms with Crippen LogP contribution in [0.3, 0.4) is 0 Å². The SMILES string of the molecule is O=c1sc(/C=C2\C=Nc3ccccc32)c(O)n1-c1ccc(Cl)c(Cl)c1. The second-order valence-corrected chi connectivity index (χ2v) is 7.17. The highest BCUT2D eigenvalue weighted by atomic mass is 35.5. The van der Waals surface area contributed by atoms with Crippen molar-refractivity contribution in [1.82, 2.24) is 4.57 Å². The average Bonchev–Trinajstić information content (AvgIpc) is 3.12. The van der Waals surface area contributed by atoms with Crippen LogP contribution in [-0.4, -0.2) is 15.9 Å². The number of halogens is 2. The van der Waals surface area contributed by atoms with Crippen LogP contribution in [0.1, 0.15) is 10.4 Å². The molecule has 0 spiro atoms. The van der Waals surface area contributed by atoms with Gasteiger partial charge in [0, 0.05) is 17.4 Å². The predicted molar refractivity (Wildman–Crippen MR) is 104 cm³/mol. The number of para-hydroxylation sites is 1. The maximum atomic E-state index is 12.4. The van der Waals surface area contributed by atoms with E-state index >= 15 is 0 Å². The number of hydrogen-bond donors (Lipinski definition) is 1. The molecule has 0 saturated carbocycles. The number of fused-ring (bicyclic) bond motifs is 1. The predicted octanol–water partition coefficient (Wildman–Crippen LogP) is 5.17. The molecule has 4 nitrogen and oxygen atoms in total. The highest BCUT2D eigenvalue weighted by Crippen LogP contribution is 2.35. The third-order valence-corrected chi connectivity index (χ3v) is 5.43. The Morgan fingerprint density at radius 1 is 1.12 bits per heavy atom. The van der Waals surface area contributed by atoms with Gasteiger partial charge < -0.3 is 5.11 Å². The van der Waals surface area contributed by atoms with Crippen LogP contribution in [0.15, 0.2) is 52.3 Å². The Kier molecular flexibility index (Phi) is 4.00. The normalized spacial score (nSPS) is 14.2. The molecule has 1 aliphatic rings. The number of hydrogen-bond acceptors (Lipinski definition) is 4. The molecule has 0 amide bonds. The van der Waals surface area contributed by atoms with Gasteiger partial charge in [-0.1, -0.05) is 52.7 Å². The fraction of sp³-hybridized carbons (Fsp3) is 0. The average molecular weight is 389 g/mol.